The van der Waals surface area contributed by atoms with Gasteiger partial charge >= 0.3 is 0 Å². The molecule has 0 aliphatic rings. The molecule has 0 radical (unpaired) electrons. The number of nitrogens with one attached hydrogen (secondary N) is 1. The van der Waals surface area contributed by atoms with E-state index in [0.717, 1.165) is 12.4 Å². The van der Waals surface area contributed by atoms with Crippen molar-refractivity contribution in [2.45, 2.75) is 20.8 Å². The number of nitrogens with zero attached hydrogens (tertiary/aromatic N) is 1. The lowest BCUT2D eigenvalue weighted by atomic mass is 9.97. The molecule has 1 rings (SSSR count). The molecule has 0 aliphatic carbocycles. The maximum absolute atomic E-state index is 5.52. The molecule has 0 fully saturated rings. The van der Waals surface area contributed by atoms with Gasteiger partial charge in [-0.2, -0.15) is 0 Å². The van der Waals surface area contributed by atoms with E-state index in [4.69, 9.17) is 5.73 Å². The lowest BCUT2D eigenvalue weighted by Gasteiger charge is -2.18. The van der Waals surface area contributed by atoms with E-state index in [0.29, 0.717) is 5.69 Å². The zero-order valence-corrected chi connectivity index (χ0v) is 8.46. The SMILES string of the molecule is CC(C)(C)CNc1ccc(N)cn1. The molecule has 0 bridgehead atoms. The third kappa shape index (κ3) is 3.78. The predicted octanol–water partition coefficient (Wildman–Crippen LogP) is 2.12. The molecule has 3 N–H and O–H groups in total. The van der Waals surface area contributed by atoms with Gasteiger partial charge in [-0.1, -0.05) is 20.8 Å². The summed E-state index contributed by atoms with van der Waals surface area (Å²) in [6, 6.07) is 3.74. The highest BCUT2D eigenvalue weighted by atomic mass is 15.0. The average molecular weight is 179 g/mol. The molecular weight excluding hydrogens is 162 g/mol. The second kappa shape index (κ2) is 3.64. The molecule has 0 unspecified atom stereocenters. The van der Waals surface area contributed by atoms with Gasteiger partial charge in [-0.15, -0.1) is 0 Å². The number of nitrogens with two attached hydrogens (primary N) is 1. The Morgan fingerprint density at radius 1 is 1.38 bits per heavy atom. The van der Waals surface area contributed by atoms with E-state index in [1.54, 1.807) is 6.20 Å². The Hall–Kier alpha value is -1.25. The van der Waals surface area contributed by atoms with Crippen LogP contribution in [-0.2, 0) is 0 Å². The van der Waals surface area contributed by atoms with Gasteiger partial charge in [0.2, 0.25) is 0 Å². The van der Waals surface area contributed by atoms with Crippen molar-refractivity contribution < 1.29 is 0 Å². The van der Waals surface area contributed by atoms with Crippen molar-refractivity contribution in [1.29, 1.82) is 0 Å². The van der Waals surface area contributed by atoms with Gasteiger partial charge in [-0.3, -0.25) is 0 Å². The van der Waals surface area contributed by atoms with Crippen LogP contribution in [0.15, 0.2) is 18.3 Å². The number of hydrogen-bond donors (Lipinski definition) is 2. The molecule has 1 aromatic heterocycles. The van der Waals surface area contributed by atoms with Gasteiger partial charge in [0.25, 0.3) is 0 Å². The fraction of sp³-hybridized carbons (Fsp3) is 0.500. The van der Waals surface area contributed by atoms with Gasteiger partial charge in [0, 0.05) is 6.54 Å². The summed E-state index contributed by atoms with van der Waals surface area (Å²) in [5.41, 5.74) is 6.48. The zero-order valence-electron chi connectivity index (χ0n) is 8.46. The minimum atomic E-state index is 0.267. The molecule has 3 nitrogen and oxygen atoms in total. The van der Waals surface area contributed by atoms with E-state index >= 15 is 0 Å². The fourth-order valence-corrected chi connectivity index (χ4v) is 0.866. The summed E-state index contributed by atoms with van der Waals surface area (Å²) in [5.74, 6) is 0.879. The molecule has 0 saturated heterocycles. The second-order valence-corrected chi connectivity index (χ2v) is 4.39. The summed E-state index contributed by atoms with van der Waals surface area (Å²) in [4.78, 5) is 4.15. The molecular formula is C10H17N3. The van der Waals surface area contributed by atoms with Gasteiger partial charge in [0.1, 0.15) is 5.82 Å². The largest absolute Gasteiger partial charge is 0.397 e. The monoisotopic (exact) mass is 179 g/mol. The first kappa shape index (κ1) is 9.84. The first-order chi connectivity index (χ1) is 5.97. The minimum Gasteiger partial charge on any atom is -0.397 e. The highest BCUT2D eigenvalue weighted by Gasteiger charge is 2.09. The van der Waals surface area contributed by atoms with E-state index in [2.05, 4.69) is 31.1 Å². The molecule has 1 heterocycles. The number of rotatable bonds is 2. The summed E-state index contributed by atoms with van der Waals surface area (Å²) >= 11 is 0. The normalized spacial score (nSPS) is 11.3. The second-order valence-electron chi connectivity index (χ2n) is 4.39. The van der Waals surface area contributed by atoms with Gasteiger partial charge in [0.05, 0.1) is 11.9 Å². The van der Waals surface area contributed by atoms with Crippen LogP contribution in [0.25, 0.3) is 0 Å². The van der Waals surface area contributed by atoms with E-state index in [1.165, 1.54) is 0 Å². The van der Waals surface area contributed by atoms with Crippen molar-refractivity contribution in [2.75, 3.05) is 17.6 Å². The Bertz CT molecular complexity index is 258. The third-order valence-corrected chi connectivity index (χ3v) is 1.59. The Labute approximate surface area is 79.4 Å². The number of nitrogen functional groups attached to an aromatic ring is 1. The molecule has 0 atom stereocenters. The fourth-order valence-electron chi connectivity index (χ4n) is 0.866. The topological polar surface area (TPSA) is 50.9 Å². The van der Waals surface area contributed by atoms with Crippen LogP contribution in [0.2, 0.25) is 0 Å². The maximum atomic E-state index is 5.52. The lowest BCUT2D eigenvalue weighted by Crippen LogP contribution is -2.19. The van der Waals surface area contributed by atoms with Crippen molar-refractivity contribution in [3.8, 4) is 0 Å². The molecule has 0 spiro atoms. The average Bonchev–Trinajstić information content (AvgIpc) is 2.02. The quantitative estimate of drug-likeness (QED) is 0.731. The van der Waals surface area contributed by atoms with E-state index in [-0.39, 0.29) is 5.41 Å². The van der Waals surface area contributed by atoms with Crippen LogP contribution in [0, 0.1) is 5.41 Å². The van der Waals surface area contributed by atoms with E-state index in [1.807, 2.05) is 12.1 Å². The number of aromatic nitrogens is 1. The summed E-state index contributed by atoms with van der Waals surface area (Å²) in [6.45, 7) is 7.44. The Kier molecular flexibility index (Phi) is 2.76. The highest BCUT2D eigenvalue weighted by Crippen LogP contribution is 2.14. The first-order valence-electron chi connectivity index (χ1n) is 4.43. The van der Waals surface area contributed by atoms with Crippen LogP contribution in [0.1, 0.15) is 20.8 Å². The van der Waals surface area contributed by atoms with Crippen LogP contribution in [0.5, 0.6) is 0 Å². The molecule has 3 heteroatoms. The maximum Gasteiger partial charge on any atom is 0.126 e. The van der Waals surface area contributed by atoms with Gasteiger partial charge in [-0.25, -0.2) is 4.98 Å². The molecule has 1 aromatic rings. The Morgan fingerprint density at radius 3 is 2.54 bits per heavy atom. The van der Waals surface area contributed by atoms with Crippen LogP contribution < -0.4 is 11.1 Å². The molecule has 0 aliphatic heterocycles. The van der Waals surface area contributed by atoms with Crippen LogP contribution in [-0.4, -0.2) is 11.5 Å². The number of pyridine rings is 1. The highest BCUT2D eigenvalue weighted by molar-refractivity contribution is 5.43. The summed E-state index contributed by atoms with van der Waals surface area (Å²) in [5, 5.41) is 3.25. The van der Waals surface area contributed by atoms with Gasteiger partial charge in [0.15, 0.2) is 0 Å². The van der Waals surface area contributed by atoms with Crippen LogP contribution >= 0.6 is 0 Å². The van der Waals surface area contributed by atoms with Crippen molar-refractivity contribution in [3.05, 3.63) is 18.3 Å². The minimum absolute atomic E-state index is 0.267. The molecule has 72 valence electrons. The van der Waals surface area contributed by atoms with Crippen molar-refractivity contribution in [2.24, 2.45) is 5.41 Å². The molecule has 13 heavy (non-hydrogen) atoms. The molecule has 0 amide bonds. The predicted molar refractivity (Wildman–Crippen MR) is 56.6 cm³/mol. The van der Waals surface area contributed by atoms with E-state index < -0.39 is 0 Å². The smallest absolute Gasteiger partial charge is 0.126 e. The van der Waals surface area contributed by atoms with Gasteiger partial charge in [-0.05, 0) is 17.5 Å². The standard InChI is InChI=1S/C10H17N3/c1-10(2,3)7-13-9-5-4-8(11)6-12-9/h4-6H,7,11H2,1-3H3,(H,12,13). The Morgan fingerprint density at radius 2 is 2.08 bits per heavy atom. The molecule has 0 aromatic carbocycles. The van der Waals surface area contributed by atoms with Crippen molar-refractivity contribution in [3.63, 3.8) is 0 Å². The first-order valence-corrected chi connectivity index (χ1v) is 4.43. The van der Waals surface area contributed by atoms with Crippen molar-refractivity contribution >= 4 is 11.5 Å². The third-order valence-electron chi connectivity index (χ3n) is 1.59. The summed E-state index contributed by atoms with van der Waals surface area (Å²) in [6.07, 6.45) is 1.66. The van der Waals surface area contributed by atoms with Crippen molar-refractivity contribution in [1.82, 2.24) is 4.98 Å². The summed E-state index contributed by atoms with van der Waals surface area (Å²) in [7, 11) is 0. The summed E-state index contributed by atoms with van der Waals surface area (Å²) < 4.78 is 0. The van der Waals surface area contributed by atoms with Gasteiger partial charge < -0.3 is 11.1 Å². The van der Waals surface area contributed by atoms with E-state index in [9.17, 15) is 0 Å². The van der Waals surface area contributed by atoms with Crippen LogP contribution in [0.4, 0.5) is 11.5 Å². The Balaban J connectivity index is 2.51. The number of anilines is 2. The lowest BCUT2D eigenvalue weighted by molar-refractivity contribution is 0.442. The number of hydrogen-bond acceptors (Lipinski definition) is 3. The molecule has 0 saturated carbocycles. The zero-order chi connectivity index (χ0) is 9.90. The van der Waals surface area contributed by atoms with Crippen LogP contribution in [0.3, 0.4) is 0 Å².